The number of amides is 2. The molecule has 0 spiro atoms. The third kappa shape index (κ3) is 3.88. The topological polar surface area (TPSA) is 94.6 Å². The summed E-state index contributed by atoms with van der Waals surface area (Å²) in [6, 6.07) is 12.6. The first-order valence-electron chi connectivity index (χ1n) is 7.96. The van der Waals surface area contributed by atoms with Crippen molar-refractivity contribution < 1.29 is 18.7 Å². The number of hydrogen-bond acceptors (Lipinski definition) is 4. The maximum atomic E-state index is 12.7. The summed E-state index contributed by atoms with van der Waals surface area (Å²) >= 11 is 3.42. The lowest BCUT2D eigenvalue weighted by Gasteiger charge is -2.11. The Bertz CT molecular complexity index is 981. The van der Waals surface area contributed by atoms with Gasteiger partial charge in [0.2, 0.25) is 5.91 Å². The fourth-order valence-electron chi connectivity index (χ4n) is 2.55. The lowest BCUT2D eigenvalue weighted by Crippen LogP contribution is -2.16. The van der Waals surface area contributed by atoms with Crippen LogP contribution in [0.1, 0.15) is 22.5 Å². The molecule has 0 fully saturated rings. The Morgan fingerprint density at radius 3 is 2.77 bits per heavy atom. The molecular formula is C19H17BrN2O4. The minimum Gasteiger partial charge on any atom is -0.491 e. The number of carbonyl (C=O) groups is 2. The van der Waals surface area contributed by atoms with Gasteiger partial charge in [-0.25, -0.2) is 0 Å². The Balaban J connectivity index is 1.82. The van der Waals surface area contributed by atoms with Gasteiger partial charge < -0.3 is 20.2 Å². The van der Waals surface area contributed by atoms with Gasteiger partial charge in [0.15, 0.2) is 5.76 Å². The van der Waals surface area contributed by atoms with Gasteiger partial charge in [-0.1, -0.05) is 28.1 Å². The van der Waals surface area contributed by atoms with E-state index in [4.69, 9.17) is 14.9 Å². The summed E-state index contributed by atoms with van der Waals surface area (Å²) in [5, 5.41) is 3.67. The van der Waals surface area contributed by atoms with Crippen LogP contribution in [0.5, 0.6) is 5.75 Å². The number of anilines is 1. The lowest BCUT2D eigenvalue weighted by atomic mass is 10.1. The summed E-state index contributed by atoms with van der Waals surface area (Å²) in [6.07, 6.45) is 0.0971. The van der Waals surface area contributed by atoms with Crippen LogP contribution in [-0.4, -0.2) is 18.4 Å². The fourth-order valence-corrected chi connectivity index (χ4v) is 2.91. The zero-order valence-corrected chi connectivity index (χ0v) is 15.6. The Morgan fingerprint density at radius 2 is 2.00 bits per heavy atom. The third-order valence-electron chi connectivity index (χ3n) is 3.85. The van der Waals surface area contributed by atoms with Crippen LogP contribution in [0.2, 0.25) is 0 Å². The number of carbonyl (C=O) groups excluding carboxylic acids is 2. The van der Waals surface area contributed by atoms with E-state index in [1.807, 2.05) is 25.1 Å². The summed E-state index contributed by atoms with van der Waals surface area (Å²) in [6.45, 7) is 1.97. The van der Waals surface area contributed by atoms with Crippen molar-refractivity contribution in [2.45, 2.75) is 13.3 Å². The quantitative estimate of drug-likeness (QED) is 0.634. The molecule has 0 radical (unpaired) electrons. The molecule has 0 saturated carbocycles. The normalized spacial score (nSPS) is 10.7. The largest absolute Gasteiger partial charge is 0.491 e. The van der Waals surface area contributed by atoms with Gasteiger partial charge in [-0.3, -0.25) is 9.59 Å². The van der Waals surface area contributed by atoms with Crippen molar-refractivity contribution in [1.29, 1.82) is 0 Å². The Hall–Kier alpha value is -2.80. The second-order valence-corrected chi connectivity index (χ2v) is 6.63. The number of nitrogens with one attached hydrogen (secondary N) is 1. The number of ether oxygens (including phenoxy) is 1. The van der Waals surface area contributed by atoms with E-state index in [2.05, 4.69) is 21.2 Å². The molecule has 3 N–H and O–H groups in total. The molecule has 7 heteroatoms. The van der Waals surface area contributed by atoms with Crippen molar-refractivity contribution >= 4 is 44.4 Å². The van der Waals surface area contributed by atoms with Crippen molar-refractivity contribution in [1.82, 2.24) is 0 Å². The highest BCUT2D eigenvalue weighted by Crippen LogP contribution is 2.30. The molecule has 3 rings (SSSR count). The van der Waals surface area contributed by atoms with Gasteiger partial charge in [-0.15, -0.1) is 0 Å². The van der Waals surface area contributed by atoms with E-state index >= 15 is 0 Å². The van der Waals surface area contributed by atoms with Crippen LogP contribution in [0.25, 0.3) is 11.0 Å². The molecule has 0 atom stereocenters. The van der Waals surface area contributed by atoms with E-state index in [0.717, 1.165) is 15.4 Å². The van der Waals surface area contributed by atoms with Gasteiger partial charge in [0.1, 0.15) is 11.3 Å². The number of fused-ring (bicyclic) bond motifs is 1. The number of para-hydroxylation sites is 2. The molecule has 3 aromatic rings. The van der Waals surface area contributed by atoms with E-state index < -0.39 is 5.91 Å². The number of benzene rings is 2. The predicted molar refractivity (Wildman–Crippen MR) is 102 cm³/mol. The van der Waals surface area contributed by atoms with Crippen molar-refractivity contribution in [3.8, 4) is 5.75 Å². The molecule has 2 amide bonds. The zero-order valence-electron chi connectivity index (χ0n) is 14.0. The molecule has 1 heterocycles. The van der Waals surface area contributed by atoms with E-state index in [9.17, 15) is 9.59 Å². The summed E-state index contributed by atoms with van der Waals surface area (Å²) in [4.78, 5) is 23.5. The van der Waals surface area contributed by atoms with Gasteiger partial charge in [0, 0.05) is 15.4 Å². The maximum Gasteiger partial charge on any atom is 0.291 e. The maximum absolute atomic E-state index is 12.7. The Kier molecular flexibility index (Phi) is 5.27. The average Bonchev–Trinajstić information content (AvgIpc) is 2.93. The highest BCUT2D eigenvalue weighted by Gasteiger charge is 2.19. The number of aryl methyl sites for hydroxylation is 1. The second-order valence-electron chi connectivity index (χ2n) is 5.71. The minimum absolute atomic E-state index is 0.0971. The summed E-state index contributed by atoms with van der Waals surface area (Å²) < 4.78 is 12.2. The minimum atomic E-state index is -0.449. The van der Waals surface area contributed by atoms with Crippen molar-refractivity contribution in [3.05, 3.63) is 58.3 Å². The standard InChI is InChI=1S/C19H17BrN2O4/c1-11-13-10-12(20)6-7-15(13)26-18(11)19(24)22-14-4-2-3-5-16(14)25-9-8-17(21)23/h2-7,10H,8-9H2,1H3,(H2,21,23)(H,22,24). The smallest absolute Gasteiger partial charge is 0.291 e. The van der Waals surface area contributed by atoms with Crippen molar-refractivity contribution in [3.63, 3.8) is 0 Å². The first-order valence-corrected chi connectivity index (χ1v) is 8.75. The van der Waals surface area contributed by atoms with Crippen LogP contribution in [0.4, 0.5) is 5.69 Å². The zero-order chi connectivity index (χ0) is 18.7. The first-order chi connectivity index (χ1) is 12.5. The predicted octanol–water partition coefficient (Wildman–Crippen LogP) is 4.01. The van der Waals surface area contributed by atoms with Crippen molar-refractivity contribution in [2.24, 2.45) is 5.73 Å². The molecule has 134 valence electrons. The number of nitrogens with two attached hydrogens (primary N) is 1. The first kappa shape index (κ1) is 18.0. The van der Waals surface area contributed by atoms with E-state index in [1.54, 1.807) is 24.3 Å². The second kappa shape index (κ2) is 7.61. The molecular weight excluding hydrogens is 400 g/mol. The van der Waals surface area contributed by atoms with Crippen LogP contribution < -0.4 is 15.8 Å². The number of hydrogen-bond donors (Lipinski definition) is 2. The number of primary amides is 1. The SMILES string of the molecule is Cc1c(C(=O)Nc2ccccc2OCCC(N)=O)oc2ccc(Br)cc12. The van der Waals surface area contributed by atoms with Crippen LogP contribution >= 0.6 is 15.9 Å². The Labute approximate surface area is 158 Å². The third-order valence-corrected chi connectivity index (χ3v) is 4.34. The molecule has 0 aliphatic rings. The lowest BCUT2D eigenvalue weighted by molar-refractivity contribution is -0.118. The van der Waals surface area contributed by atoms with Gasteiger partial charge >= 0.3 is 0 Å². The average molecular weight is 417 g/mol. The monoisotopic (exact) mass is 416 g/mol. The molecule has 0 bridgehead atoms. The van der Waals surface area contributed by atoms with E-state index in [1.165, 1.54) is 0 Å². The number of halogens is 1. The number of rotatable bonds is 6. The van der Waals surface area contributed by atoms with Gasteiger partial charge in [0.25, 0.3) is 5.91 Å². The Morgan fingerprint density at radius 1 is 1.23 bits per heavy atom. The van der Waals surface area contributed by atoms with Gasteiger partial charge in [0.05, 0.1) is 18.7 Å². The van der Waals surface area contributed by atoms with Crippen LogP contribution in [-0.2, 0) is 4.79 Å². The molecule has 0 aliphatic heterocycles. The van der Waals surface area contributed by atoms with Crippen LogP contribution in [0.15, 0.2) is 51.4 Å². The van der Waals surface area contributed by atoms with Crippen LogP contribution in [0.3, 0.4) is 0 Å². The molecule has 6 nitrogen and oxygen atoms in total. The molecule has 0 saturated heterocycles. The molecule has 0 unspecified atom stereocenters. The number of furan rings is 1. The molecule has 0 aliphatic carbocycles. The fraction of sp³-hybridized carbons (Fsp3) is 0.158. The van der Waals surface area contributed by atoms with Crippen LogP contribution in [0, 0.1) is 6.92 Å². The van der Waals surface area contributed by atoms with Gasteiger partial charge in [-0.05, 0) is 37.3 Å². The summed E-state index contributed by atoms with van der Waals surface area (Å²) in [5.74, 6) is -0.125. The van der Waals surface area contributed by atoms with E-state index in [0.29, 0.717) is 17.0 Å². The highest BCUT2D eigenvalue weighted by atomic mass is 79.9. The van der Waals surface area contributed by atoms with E-state index in [-0.39, 0.29) is 24.7 Å². The molecule has 26 heavy (non-hydrogen) atoms. The summed E-state index contributed by atoms with van der Waals surface area (Å²) in [5.41, 5.74) is 7.00. The van der Waals surface area contributed by atoms with Crippen molar-refractivity contribution in [2.75, 3.05) is 11.9 Å². The summed E-state index contributed by atoms with van der Waals surface area (Å²) in [7, 11) is 0. The highest BCUT2D eigenvalue weighted by molar-refractivity contribution is 9.10. The molecule has 2 aromatic carbocycles. The van der Waals surface area contributed by atoms with Gasteiger partial charge in [-0.2, -0.15) is 0 Å². The molecule has 1 aromatic heterocycles.